The zero-order chi connectivity index (χ0) is 26.1. The molecule has 2 heterocycles. The van der Waals surface area contributed by atoms with Gasteiger partial charge >= 0.3 is 0 Å². The van der Waals surface area contributed by atoms with E-state index in [4.69, 9.17) is 10.6 Å². The number of carbonyl (C=O) groups is 1. The number of amides is 1. The summed E-state index contributed by atoms with van der Waals surface area (Å²) in [5.74, 6) is 1.17. The van der Waals surface area contributed by atoms with Gasteiger partial charge in [-0.25, -0.2) is 4.98 Å². The number of allylic oxidation sites excluding steroid dienone is 5. The zero-order valence-electron chi connectivity index (χ0n) is 22.4. The Labute approximate surface area is 212 Å². The maximum absolute atomic E-state index is 11.2. The van der Waals surface area contributed by atoms with Gasteiger partial charge in [0.1, 0.15) is 12.9 Å². The molecule has 194 valence electrons. The predicted molar refractivity (Wildman–Crippen MR) is 147 cm³/mol. The van der Waals surface area contributed by atoms with Crippen molar-refractivity contribution in [2.75, 3.05) is 39.0 Å². The van der Waals surface area contributed by atoms with Crippen LogP contribution in [0, 0.1) is 5.92 Å². The van der Waals surface area contributed by atoms with E-state index in [-0.39, 0.29) is 5.91 Å². The Bertz CT molecular complexity index is 849. The average molecular weight is 484 g/mol. The summed E-state index contributed by atoms with van der Waals surface area (Å²) in [6.07, 6.45) is 14.3. The molecule has 0 aliphatic carbocycles. The topological polar surface area (TPSA) is 84.0 Å². The number of hydrogen-bond acceptors (Lipinski definition) is 6. The Balaban J connectivity index is 0.000000350. The van der Waals surface area contributed by atoms with Crippen molar-refractivity contribution in [3.8, 4) is 0 Å². The molecule has 1 aliphatic rings. The minimum Gasteiger partial charge on any atom is -0.399 e. The van der Waals surface area contributed by atoms with Gasteiger partial charge in [0.25, 0.3) is 0 Å². The van der Waals surface area contributed by atoms with Crippen molar-refractivity contribution in [3.63, 3.8) is 0 Å². The van der Waals surface area contributed by atoms with Gasteiger partial charge in [0.05, 0.1) is 5.71 Å². The van der Waals surface area contributed by atoms with E-state index in [2.05, 4.69) is 35.5 Å². The summed E-state index contributed by atoms with van der Waals surface area (Å²) in [5, 5.41) is 4.18. The average Bonchev–Trinajstić information content (AvgIpc) is 2.83. The summed E-state index contributed by atoms with van der Waals surface area (Å²) in [6.45, 7) is 16.5. The fourth-order valence-corrected chi connectivity index (χ4v) is 4.05. The van der Waals surface area contributed by atoms with Crippen LogP contribution in [0.1, 0.15) is 58.9 Å². The first kappa shape index (κ1) is 30.1. The fraction of sp³-hybridized carbons (Fsp3) is 0.536. The number of anilines is 1. The molecule has 0 unspecified atom stereocenters. The first-order valence-electron chi connectivity index (χ1n) is 12.6. The van der Waals surface area contributed by atoms with Gasteiger partial charge in [0, 0.05) is 51.8 Å². The number of nitrogens with zero attached hydrogens (tertiary/aromatic N) is 4. The third kappa shape index (κ3) is 11.9. The molecule has 1 amide bonds. The molecule has 1 aromatic heterocycles. The highest BCUT2D eigenvalue weighted by atomic mass is 16.6. The van der Waals surface area contributed by atoms with E-state index in [1.165, 1.54) is 5.56 Å². The number of nitrogens with two attached hydrogens (primary N) is 1. The van der Waals surface area contributed by atoms with Crippen molar-refractivity contribution >= 4 is 17.4 Å². The first-order valence-corrected chi connectivity index (χ1v) is 12.6. The van der Waals surface area contributed by atoms with Crippen LogP contribution in [-0.2, 0) is 16.2 Å². The molecule has 1 aromatic rings. The number of nitrogen functional groups attached to an aromatic ring is 1. The van der Waals surface area contributed by atoms with Crippen LogP contribution in [0.3, 0.4) is 0 Å². The highest BCUT2D eigenvalue weighted by Gasteiger charge is 2.18. The highest BCUT2D eigenvalue weighted by molar-refractivity contribution is 6.03. The van der Waals surface area contributed by atoms with Crippen LogP contribution < -0.4 is 5.73 Å². The molecular weight excluding hydrogens is 438 g/mol. The lowest BCUT2D eigenvalue weighted by atomic mass is 9.89. The van der Waals surface area contributed by atoms with Gasteiger partial charge in [-0.1, -0.05) is 62.7 Å². The summed E-state index contributed by atoms with van der Waals surface area (Å²) in [6, 6.07) is 3.88. The maximum atomic E-state index is 11.2. The molecule has 35 heavy (non-hydrogen) atoms. The molecule has 7 nitrogen and oxygen atoms in total. The fourth-order valence-electron chi connectivity index (χ4n) is 4.05. The van der Waals surface area contributed by atoms with Gasteiger partial charge in [0.15, 0.2) is 0 Å². The molecule has 2 N–H and O–H groups in total. The maximum Gasteiger partial charge on any atom is 0.219 e. The van der Waals surface area contributed by atoms with E-state index >= 15 is 0 Å². The highest BCUT2D eigenvalue weighted by Crippen LogP contribution is 2.20. The molecular formula is C28H45N5O2. The molecule has 0 spiro atoms. The Kier molecular flexibility index (Phi) is 15.0. The molecule has 1 saturated heterocycles. The Morgan fingerprint density at radius 1 is 1.23 bits per heavy atom. The summed E-state index contributed by atoms with van der Waals surface area (Å²) in [7, 11) is 1.60. The van der Waals surface area contributed by atoms with E-state index < -0.39 is 0 Å². The molecule has 0 radical (unpaired) electrons. The number of piperazine rings is 1. The summed E-state index contributed by atoms with van der Waals surface area (Å²) < 4.78 is 0. The Morgan fingerprint density at radius 3 is 2.40 bits per heavy atom. The molecule has 0 atom stereocenters. The minimum absolute atomic E-state index is 0.165. The van der Waals surface area contributed by atoms with Gasteiger partial charge in [-0.3, -0.25) is 9.69 Å². The summed E-state index contributed by atoms with van der Waals surface area (Å²) >= 11 is 0. The largest absolute Gasteiger partial charge is 0.399 e. The molecule has 0 aromatic carbocycles. The van der Waals surface area contributed by atoms with E-state index in [0.717, 1.165) is 69.7 Å². The van der Waals surface area contributed by atoms with Crippen LogP contribution in [0.15, 0.2) is 59.9 Å². The lowest BCUT2D eigenvalue weighted by molar-refractivity contribution is -0.130. The number of rotatable bonds is 11. The normalized spacial score (nSPS) is 14.9. The third-order valence-corrected chi connectivity index (χ3v) is 5.85. The van der Waals surface area contributed by atoms with Gasteiger partial charge in [-0.2, -0.15) is 0 Å². The van der Waals surface area contributed by atoms with Gasteiger partial charge in [-0.15, -0.1) is 0 Å². The van der Waals surface area contributed by atoms with Crippen LogP contribution in [-0.4, -0.2) is 59.7 Å². The second-order valence-corrected chi connectivity index (χ2v) is 8.71. The van der Waals surface area contributed by atoms with Gasteiger partial charge < -0.3 is 15.5 Å². The molecule has 1 aliphatic heterocycles. The third-order valence-electron chi connectivity index (χ3n) is 5.85. The molecule has 0 saturated carbocycles. The van der Waals surface area contributed by atoms with Crippen LogP contribution in [0.2, 0.25) is 0 Å². The van der Waals surface area contributed by atoms with Crippen molar-refractivity contribution < 1.29 is 9.63 Å². The standard InChI is InChI=1S/C16H27NO.C12H18N4O/c1-6-9-10-13-14(4)16(17-18-5)15(11-7-2)12-8-3;1-10(17)16-6-4-15(5-7-16)9-11-2-3-14-12(13)8-11/h6,9-10,13,15H,4,7-8,11-12H2,1-3,5H3;2-3,8H,4-7,9H2,1H3,(H2,13,14)/b9-6-,13-10-,17-16?;. The molecule has 7 heteroatoms. The molecule has 0 bridgehead atoms. The van der Waals surface area contributed by atoms with Crippen molar-refractivity contribution in [2.24, 2.45) is 11.1 Å². The summed E-state index contributed by atoms with van der Waals surface area (Å²) in [5.41, 5.74) is 8.75. The zero-order valence-corrected chi connectivity index (χ0v) is 22.4. The molecule has 1 fully saturated rings. The van der Waals surface area contributed by atoms with Crippen LogP contribution in [0.4, 0.5) is 5.82 Å². The monoisotopic (exact) mass is 483 g/mol. The van der Waals surface area contributed by atoms with E-state index in [0.29, 0.717) is 11.7 Å². The van der Waals surface area contributed by atoms with Crippen molar-refractivity contribution in [2.45, 2.75) is 59.9 Å². The van der Waals surface area contributed by atoms with Gasteiger partial charge in [0.2, 0.25) is 5.91 Å². The van der Waals surface area contributed by atoms with Crippen LogP contribution in [0.5, 0.6) is 0 Å². The smallest absolute Gasteiger partial charge is 0.219 e. The number of hydrogen-bond donors (Lipinski definition) is 1. The Morgan fingerprint density at radius 2 is 1.89 bits per heavy atom. The number of carbonyl (C=O) groups excluding carboxylic acids is 1. The van der Waals surface area contributed by atoms with Crippen molar-refractivity contribution in [3.05, 3.63) is 60.3 Å². The quantitative estimate of drug-likeness (QED) is 0.265. The number of pyridine rings is 1. The SMILES string of the molecule is C=C(/C=C\C=C/C)C(=NOC)C(CCC)CCC.CC(=O)N1CCN(Cc2ccnc(N)c2)CC1. The minimum atomic E-state index is 0.165. The van der Waals surface area contributed by atoms with Crippen LogP contribution in [0.25, 0.3) is 0 Å². The summed E-state index contributed by atoms with van der Waals surface area (Å²) in [4.78, 5) is 24.4. The van der Waals surface area contributed by atoms with E-state index in [9.17, 15) is 4.79 Å². The number of oxime groups is 1. The van der Waals surface area contributed by atoms with Crippen molar-refractivity contribution in [1.82, 2.24) is 14.8 Å². The lowest BCUT2D eigenvalue weighted by Crippen LogP contribution is -2.47. The first-order chi connectivity index (χ1) is 16.9. The van der Waals surface area contributed by atoms with E-state index in [1.807, 2.05) is 48.3 Å². The predicted octanol–water partition coefficient (Wildman–Crippen LogP) is 5.22. The van der Waals surface area contributed by atoms with Crippen molar-refractivity contribution in [1.29, 1.82) is 0 Å². The second-order valence-electron chi connectivity index (χ2n) is 8.71. The number of aromatic nitrogens is 1. The lowest BCUT2D eigenvalue weighted by Gasteiger charge is -2.34. The molecule has 2 rings (SSSR count). The van der Waals surface area contributed by atoms with Gasteiger partial charge in [-0.05, 0) is 43.0 Å². The second kappa shape index (κ2) is 17.5. The van der Waals surface area contributed by atoms with Crippen LogP contribution >= 0.6 is 0 Å². The Hall–Kier alpha value is -2.93. The van der Waals surface area contributed by atoms with E-state index in [1.54, 1.807) is 20.2 Å².